The van der Waals surface area contributed by atoms with Gasteiger partial charge in [0.1, 0.15) is 17.9 Å². The van der Waals surface area contributed by atoms with Crippen molar-refractivity contribution in [1.82, 2.24) is 5.43 Å². The number of hydrogen-bond acceptors (Lipinski definition) is 5. The minimum atomic E-state index is -0.539. The van der Waals surface area contributed by atoms with Crippen LogP contribution in [0.1, 0.15) is 32.3 Å². The Hall–Kier alpha value is -3.06. The van der Waals surface area contributed by atoms with E-state index in [1.165, 1.54) is 6.21 Å². The van der Waals surface area contributed by atoms with E-state index in [0.29, 0.717) is 41.0 Å². The van der Waals surface area contributed by atoms with Crippen molar-refractivity contribution in [1.29, 1.82) is 0 Å². The van der Waals surface area contributed by atoms with Crippen molar-refractivity contribution in [2.24, 2.45) is 5.10 Å². The van der Waals surface area contributed by atoms with Crippen LogP contribution < -0.4 is 20.2 Å². The minimum absolute atomic E-state index is 0.362. The number of carbonyl (C=O) groups excluding carboxylic acids is 2. The summed E-state index contributed by atoms with van der Waals surface area (Å²) in [5.74, 6) is 0.336. The van der Waals surface area contributed by atoms with Crippen LogP contribution in [0.15, 0.2) is 47.6 Å². The normalized spacial score (nSPS) is 10.6. The summed E-state index contributed by atoms with van der Waals surface area (Å²) in [6.07, 6.45) is 1.93. The van der Waals surface area contributed by atoms with Gasteiger partial charge in [-0.15, -0.1) is 0 Å². The Morgan fingerprint density at radius 2 is 1.83 bits per heavy atom. The first-order valence-corrected chi connectivity index (χ1v) is 9.66. The van der Waals surface area contributed by atoms with E-state index in [0.717, 1.165) is 6.42 Å². The Morgan fingerprint density at radius 1 is 1.07 bits per heavy atom. The summed E-state index contributed by atoms with van der Waals surface area (Å²) < 4.78 is 11.0. The zero-order valence-electron chi connectivity index (χ0n) is 16.4. The van der Waals surface area contributed by atoms with Gasteiger partial charge in [0, 0.05) is 16.3 Å². The summed E-state index contributed by atoms with van der Waals surface area (Å²) in [5.41, 5.74) is 3.53. The monoisotopic (exact) mass is 417 g/mol. The largest absolute Gasteiger partial charge is 0.494 e. The summed E-state index contributed by atoms with van der Waals surface area (Å²) in [5, 5.41) is 7.05. The van der Waals surface area contributed by atoms with Crippen LogP contribution in [0.4, 0.5) is 5.69 Å². The predicted octanol–water partition coefficient (Wildman–Crippen LogP) is 4.01. The second kappa shape index (κ2) is 11.7. The lowest BCUT2D eigenvalue weighted by Gasteiger charge is -2.08. The van der Waals surface area contributed by atoms with Gasteiger partial charge in [0.05, 0.1) is 19.4 Å². The summed E-state index contributed by atoms with van der Waals surface area (Å²) in [7, 11) is 0. The molecule has 0 spiro atoms. The predicted molar refractivity (Wildman–Crippen MR) is 114 cm³/mol. The Balaban J connectivity index is 1.86. The maximum absolute atomic E-state index is 12.0. The first-order chi connectivity index (χ1) is 14.0. The molecule has 0 aliphatic carbocycles. The second-order valence-electron chi connectivity index (χ2n) is 6.01. The van der Waals surface area contributed by atoms with Crippen molar-refractivity contribution in [2.45, 2.75) is 26.7 Å². The van der Waals surface area contributed by atoms with Gasteiger partial charge in [0.25, 0.3) is 0 Å². The molecule has 0 fully saturated rings. The molecule has 2 N–H and O–H groups in total. The third kappa shape index (κ3) is 7.83. The number of hydrogen-bond donors (Lipinski definition) is 2. The SMILES string of the molecule is CCCOc1ccc(Cl)cc1C=NNC(=O)CC(=O)Nc1ccc(OCC)cc1. The van der Waals surface area contributed by atoms with Crippen LogP contribution in [-0.4, -0.2) is 31.2 Å². The van der Waals surface area contributed by atoms with E-state index in [1.54, 1.807) is 42.5 Å². The van der Waals surface area contributed by atoms with Crippen molar-refractivity contribution >= 4 is 35.3 Å². The zero-order chi connectivity index (χ0) is 21.1. The molecule has 0 aliphatic rings. The molecule has 0 bridgehead atoms. The first kappa shape index (κ1) is 22.2. The quantitative estimate of drug-likeness (QED) is 0.347. The Kier molecular flexibility index (Phi) is 8.98. The smallest absolute Gasteiger partial charge is 0.249 e. The maximum atomic E-state index is 12.0. The van der Waals surface area contributed by atoms with Crippen molar-refractivity contribution in [3.8, 4) is 11.5 Å². The van der Waals surface area contributed by atoms with E-state index in [4.69, 9.17) is 21.1 Å². The molecule has 0 heterocycles. The van der Waals surface area contributed by atoms with Crippen LogP contribution in [-0.2, 0) is 9.59 Å². The van der Waals surface area contributed by atoms with E-state index in [-0.39, 0.29) is 6.42 Å². The van der Waals surface area contributed by atoms with Gasteiger partial charge in [-0.1, -0.05) is 18.5 Å². The highest BCUT2D eigenvalue weighted by atomic mass is 35.5. The summed E-state index contributed by atoms with van der Waals surface area (Å²) >= 11 is 6.00. The van der Waals surface area contributed by atoms with Crippen LogP contribution in [0.2, 0.25) is 5.02 Å². The average Bonchev–Trinajstić information content (AvgIpc) is 2.69. The molecule has 8 heteroatoms. The molecule has 2 aromatic carbocycles. The molecule has 0 aliphatic heterocycles. The highest BCUT2D eigenvalue weighted by molar-refractivity contribution is 6.30. The molecular formula is C21H24ClN3O4. The highest BCUT2D eigenvalue weighted by Gasteiger charge is 2.09. The molecule has 0 saturated heterocycles. The van der Waals surface area contributed by atoms with Gasteiger partial charge in [-0.25, -0.2) is 5.43 Å². The van der Waals surface area contributed by atoms with Gasteiger partial charge in [-0.2, -0.15) is 5.10 Å². The second-order valence-corrected chi connectivity index (χ2v) is 6.44. The van der Waals surface area contributed by atoms with E-state index >= 15 is 0 Å². The number of carbonyl (C=O) groups is 2. The van der Waals surface area contributed by atoms with Gasteiger partial charge in [0.2, 0.25) is 11.8 Å². The standard InChI is InChI=1S/C21H24ClN3O4/c1-3-11-29-19-10-5-16(22)12-15(19)14-23-25-21(27)13-20(26)24-17-6-8-18(9-7-17)28-4-2/h5-10,12,14H,3-4,11,13H2,1-2H3,(H,24,26)(H,25,27). The fourth-order valence-electron chi connectivity index (χ4n) is 2.33. The van der Waals surface area contributed by atoms with Gasteiger partial charge in [-0.3, -0.25) is 9.59 Å². The summed E-state index contributed by atoms with van der Waals surface area (Å²) in [4.78, 5) is 23.9. The number of benzene rings is 2. The first-order valence-electron chi connectivity index (χ1n) is 9.28. The molecule has 2 aromatic rings. The van der Waals surface area contributed by atoms with Gasteiger partial charge >= 0.3 is 0 Å². The lowest BCUT2D eigenvalue weighted by molar-refractivity contribution is -0.126. The Labute approximate surface area is 175 Å². The third-order valence-electron chi connectivity index (χ3n) is 3.60. The molecule has 29 heavy (non-hydrogen) atoms. The number of nitrogens with one attached hydrogen (secondary N) is 2. The molecular weight excluding hydrogens is 394 g/mol. The van der Waals surface area contributed by atoms with E-state index < -0.39 is 11.8 Å². The van der Waals surface area contributed by atoms with Crippen molar-refractivity contribution in [3.63, 3.8) is 0 Å². The molecule has 154 valence electrons. The third-order valence-corrected chi connectivity index (χ3v) is 3.83. The number of ether oxygens (including phenoxy) is 2. The fraction of sp³-hybridized carbons (Fsp3) is 0.286. The Bertz CT molecular complexity index is 854. The number of anilines is 1. The summed E-state index contributed by atoms with van der Waals surface area (Å²) in [6.45, 7) is 5.01. The molecule has 0 saturated carbocycles. The van der Waals surface area contributed by atoms with Crippen molar-refractivity contribution in [3.05, 3.63) is 53.1 Å². The van der Waals surface area contributed by atoms with E-state index in [2.05, 4.69) is 15.8 Å². The maximum Gasteiger partial charge on any atom is 0.249 e. The number of halogens is 1. The van der Waals surface area contributed by atoms with Gasteiger partial charge in [0.15, 0.2) is 0 Å². The lowest BCUT2D eigenvalue weighted by atomic mass is 10.2. The molecule has 7 nitrogen and oxygen atoms in total. The Morgan fingerprint density at radius 3 is 2.52 bits per heavy atom. The topological polar surface area (TPSA) is 89.0 Å². The number of nitrogens with zero attached hydrogens (tertiary/aromatic N) is 1. The molecule has 2 amide bonds. The lowest BCUT2D eigenvalue weighted by Crippen LogP contribution is -2.24. The van der Waals surface area contributed by atoms with Gasteiger partial charge in [-0.05, 0) is 55.8 Å². The van der Waals surface area contributed by atoms with Crippen LogP contribution in [0.5, 0.6) is 11.5 Å². The van der Waals surface area contributed by atoms with E-state index in [9.17, 15) is 9.59 Å². The average molecular weight is 418 g/mol. The molecule has 2 rings (SSSR count). The highest BCUT2D eigenvalue weighted by Crippen LogP contribution is 2.21. The fourth-order valence-corrected chi connectivity index (χ4v) is 2.51. The number of rotatable bonds is 10. The molecule has 0 unspecified atom stereocenters. The van der Waals surface area contributed by atoms with Crippen LogP contribution in [0, 0.1) is 0 Å². The minimum Gasteiger partial charge on any atom is -0.494 e. The zero-order valence-corrected chi connectivity index (χ0v) is 17.2. The van der Waals surface area contributed by atoms with E-state index in [1.807, 2.05) is 13.8 Å². The van der Waals surface area contributed by atoms with Crippen LogP contribution in [0.25, 0.3) is 0 Å². The van der Waals surface area contributed by atoms with Crippen molar-refractivity contribution in [2.75, 3.05) is 18.5 Å². The molecule has 0 atom stereocenters. The van der Waals surface area contributed by atoms with Crippen LogP contribution >= 0.6 is 11.6 Å². The molecule has 0 radical (unpaired) electrons. The van der Waals surface area contributed by atoms with Crippen molar-refractivity contribution < 1.29 is 19.1 Å². The van der Waals surface area contributed by atoms with Gasteiger partial charge < -0.3 is 14.8 Å². The van der Waals surface area contributed by atoms with Crippen LogP contribution in [0.3, 0.4) is 0 Å². The molecule has 0 aromatic heterocycles. The number of amides is 2. The summed E-state index contributed by atoms with van der Waals surface area (Å²) in [6, 6.07) is 12.0. The number of hydrazone groups is 1.